The van der Waals surface area contributed by atoms with Crippen LogP contribution in [0.4, 0.5) is 17.1 Å². The SMILES string of the molecule is O=C(Nc1cccc(Cl)c1)c1cc(Nc2ccc(Cl)cc2)ccn1. The number of halogens is 2. The van der Waals surface area contributed by atoms with Crippen molar-refractivity contribution in [3.63, 3.8) is 0 Å². The van der Waals surface area contributed by atoms with E-state index in [0.717, 1.165) is 11.4 Å². The van der Waals surface area contributed by atoms with Gasteiger partial charge in [0, 0.05) is 33.3 Å². The summed E-state index contributed by atoms with van der Waals surface area (Å²) in [5, 5.41) is 7.18. The van der Waals surface area contributed by atoms with Crippen LogP contribution in [0.1, 0.15) is 10.5 Å². The molecule has 0 aliphatic heterocycles. The summed E-state index contributed by atoms with van der Waals surface area (Å²) >= 11 is 11.8. The second-order valence-electron chi connectivity index (χ2n) is 5.03. The van der Waals surface area contributed by atoms with Crippen molar-refractivity contribution in [2.24, 2.45) is 0 Å². The van der Waals surface area contributed by atoms with Gasteiger partial charge in [0.1, 0.15) is 5.69 Å². The highest BCUT2D eigenvalue weighted by Crippen LogP contribution is 2.20. The lowest BCUT2D eigenvalue weighted by Crippen LogP contribution is -2.13. The minimum atomic E-state index is -0.308. The monoisotopic (exact) mass is 357 g/mol. The molecule has 6 heteroatoms. The van der Waals surface area contributed by atoms with E-state index in [4.69, 9.17) is 23.2 Å². The molecule has 2 N–H and O–H groups in total. The van der Waals surface area contributed by atoms with Gasteiger partial charge in [0.2, 0.25) is 0 Å². The molecule has 3 rings (SSSR count). The normalized spacial score (nSPS) is 10.2. The molecule has 1 aromatic heterocycles. The van der Waals surface area contributed by atoms with Gasteiger partial charge in [-0.1, -0.05) is 29.3 Å². The highest BCUT2D eigenvalue weighted by molar-refractivity contribution is 6.31. The van der Waals surface area contributed by atoms with Crippen LogP contribution in [0.25, 0.3) is 0 Å². The van der Waals surface area contributed by atoms with Crippen LogP contribution in [0, 0.1) is 0 Å². The van der Waals surface area contributed by atoms with Gasteiger partial charge in [0.15, 0.2) is 0 Å². The Morgan fingerprint density at radius 2 is 1.62 bits per heavy atom. The van der Waals surface area contributed by atoms with Gasteiger partial charge in [0.05, 0.1) is 0 Å². The van der Waals surface area contributed by atoms with Crippen LogP contribution in [0.5, 0.6) is 0 Å². The van der Waals surface area contributed by atoms with Crippen LogP contribution >= 0.6 is 23.2 Å². The lowest BCUT2D eigenvalue weighted by molar-refractivity contribution is 0.102. The van der Waals surface area contributed by atoms with Crippen molar-refractivity contribution in [1.29, 1.82) is 0 Å². The molecule has 120 valence electrons. The molecule has 1 amide bonds. The zero-order valence-electron chi connectivity index (χ0n) is 12.5. The molecule has 2 aromatic carbocycles. The van der Waals surface area contributed by atoms with Crippen LogP contribution in [0.3, 0.4) is 0 Å². The number of hydrogen-bond acceptors (Lipinski definition) is 3. The van der Waals surface area contributed by atoms with Crippen LogP contribution in [0.15, 0.2) is 66.9 Å². The summed E-state index contributed by atoms with van der Waals surface area (Å²) in [4.78, 5) is 16.4. The zero-order valence-corrected chi connectivity index (χ0v) is 14.0. The third kappa shape index (κ3) is 4.25. The first-order valence-corrected chi connectivity index (χ1v) is 7.91. The molecule has 0 saturated carbocycles. The van der Waals surface area contributed by atoms with Crippen molar-refractivity contribution >= 4 is 46.2 Å². The van der Waals surface area contributed by atoms with Crippen molar-refractivity contribution in [2.45, 2.75) is 0 Å². The average Bonchev–Trinajstić information content (AvgIpc) is 2.57. The number of amides is 1. The predicted octanol–water partition coefficient (Wildman–Crippen LogP) is 5.38. The first kappa shape index (κ1) is 16.3. The van der Waals surface area contributed by atoms with Gasteiger partial charge in [-0.3, -0.25) is 9.78 Å². The fourth-order valence-corrected chi connectivity index (χ4v) is 2.41. The largest absolute Gasteiger partial charge is 0.355 e. The van der Waals surface area contributed by atoms with Crippen molar-refractivity contribution in [1.82, 2.24) is 4.98 Å². The van der Waals surface area contributed by atoms with Gasteiger partial charge in [-0.25, -0.2) is 0 Å². The van der Waals surface area contributed by atoms with E-state index in [9.17, 15) is 4.79 Å². The Hall–Kier alpha value is -2.56. The number of hydrogen-bond donors (Lipinski definition) is 2. The minimum absolute atomic E-state index is 0.300. The Kier molecular flexibility index (Phi) is 4.99. The van der Waals surface area contributed by atoms with Crippen molar-refractivity contribution in [3.8, 4) is 0 Å². The molecule has 0 bridgehead atoms. The van der Waals surface area contributed by atoms with Gasteiger partial charge in [-0.05, 0) is 54.6 Å². The third-order valence-electron chi connectivity index (χ3n) is 3.21. The summed E-state index contributed by atoms with van der Waals surface area (Å²) in [5.74, 6) is -0.308. The lowest BCUT2D eigenvalue weighted by Gasteiger charge is -2.09. The number of carbonyl (C=O) groups excluding carboxylic acids is 1. The zero-order chi connectivity index (χ0) is 16.9. The standard InChI is InChI=1S/C18H13Cl2N3O/c19-12-4-6-14(7-5-12)22-16-8-9-21-17(11-16)18(24)23-15-3-1-2-13(20)10-15/h1-11H,(H,21,22)(H,23,24). The molecule has 0 unspecified atom stereocenters. The van der Waals surface area contributed by atoms with Crippen molar-refractivity contribution < 1.29 is 4.79 Å². The Morgan fingerprint density at radius 3 is 2.38 bits per heavy atom. The number of rotatable bonds is 4. The molecule has 3 aromatic rings. The Bertz CT molecular complexity index is 866. The van der Waals surface area contributed by atoms with Gasteiger partial charge in [0.25, 0.3) is 5.91 Å². The first-order chi connectivity index (χ1) is 11.6. The van der Waals surface area contributed by atoms with E-state index in [2.05, 4.69) is 15.6 Å². The molecular formula is C18H13Cl2N3O. The average molecular weight is 358 g/mol. The fraction of sp³-hybridized carbons (Fsp3) is 0. The second-order valence-corrected chi connectivity index (χ2v) is 5.90. The smallest absolute Gasteiger partial charge is 0.274 e. The minimum Gasteiger partial charge on any atom is -0.355 e. The van der Waals surface area contributed by atoms with Gasteiger partial charge in [-0.2, -0.15) is 0 Å². The van der Waals surface area contributed by atoms with E-state index in [1.165, 1.54) is 0 Å². The summed E-state index contributed by atoms with van der Waals surface area (Å²) in [5.41, 5.74) is 2.54. The summed E-state index contributed by atoms with van der Waals surface area (Å²) in [7, 11) is 0. The van der Waals surface area contributed by atoms with Crippen LogP contribution in [0.2, 0.25) is 10.0 Å². The van der Waals surface area contributed by atoms with Crippen LogP contribution < -0.4 is 10.6 Å². The van der Waals surface area contributed by atoms with E-state index in [1.807, 2.05) is 12.1 Å². The lowest BCUT2D eigenvalue weighted by atomic mass is 10.2. The highest BCUT2D eigenvalue weighted by Gasteiger charge is 2.09. The molecular weight excluding hydrogens is 345 g/mol. The molecule has 24 heavy (non-hydrogen) atoms. The predicted molar refractivity (Wildman–Crippen MR) is 98.4 cm³/mol. The number of anilines is 3. The Morgan fingerprint density at radius 1 is 0.833 bits per heavy atom. The van der Waals surface area contributed by atoms with E-state index in [-0.39, 0.29) is 5.91 Å². The molecule has 0 fully saturated rings. The molecule has 4 nitrogen and oxygen atoms in total. The maximum Gasteiger partial charge on any atom is 0.274 e. The van der Waals surface area contributed by atoms with Crippen LogP contribution in [-0.2, 0) is 0 Å². The summed E-state index contributed by atoms with van der Waals surface area (Å²) in [6, 6.07) is 17.7. The quantitative estimate of drug-likeness (QED) is 0.658. The fourth-order valence-electron chi connectivity index (χ4n) is 2.09. The molecule has 0 spiro atoms. The molecule has 0 radical (unpaired) electrons. The molecule has 0 aliphatic carbocycles. The Labute approximate surface area is 149 Å². The van der Waals surface area contributed by atoms with Crippen molar-refractivity contribution in [2.75, 3.05) is 10.6 Å². The van der Waals surface area contributed by atoms with Gasteiger partial charge >= 0.3 is 0 Å². The molecule has 0 aliphatic rings. The number of carbonyl (C=O) groups is 1. The number of nitrogens with one attached hydrogen (secondary N) is 2. The third-order valence-corrected chi connectivity index (χ3v) is 3.70. The van der Waals surface area contributed by atoms with Crippen molar-refractivity contribution in [3.05, 3.63) is 82.6 Å². The highest BCUT2D eigenvalue weighted by atomic mass is 35.5. The van der Waals surface area contributed by atoms with Gasteiger partial charge in [-0.15, -0.1) is 0 Å². The number of pyridine rings is 1. The second kappa shape index (κ2) is 7.34. The maximum absolute atomic E-state index is 12.3. The first-order valence-electron chi connectivity index (χ1n) is 7.16. The van der Waals surface area contributed by atoms with E-state index < -0.39 is 0 Å². The summed E-state index contributed by atoms with van der Waals surface area (Å²) < 4.78 is 0. The molecule has 0 saturated heterocycles. The summed E-state index contributed by atoms with van der Waals surface area (Å²) in [6.45, 7) is 0. The molecule has 0 atom stereocenters. The topological polar surface area (TPSA) is 54.0 Å². The van der Waals surface area contributed by atoms with Crippen LogP contribution in [-0.4, -0.2) is 10.9 Å². The summed E-state index contributed by atoms with van der Waals surface area (Å²) in [6.07, 6.45) is 1.57. The number of aromatic nitrogens is 1. The number of benzene rings is 2. The maximum atomic E-state index is 12.3. The Balaban J connectivity index is 1.74. The van der Waals surface area contributed by atoms with E-state index in [1.54, 1.807) is 54.7 Å². The van der Waals surface area contributed by atoms with E-state index in [0.29, 0.717) is 21.4 Å². The van der Waals surface area contributed by atoms with Gasteiger partial charge < -0.3 is 10.6 Å². The number of nitrogens with zero attached hydrogens (tertiary/aromatic N) is 1. The van der Waals surface area contributed by atoms with E-state index >= 15 is 0 Å². The molecule has 1 heterocycles.